The van der Waals surface area contributed by atoms with Gasteiger partial charge in [0.15, 0.2) is 0 Å². The summed E-state index contributed by atoms with van der Waals surface area (Å²) in [5.74, 6) is 0.809. The molecule has 0 amide bonds. The summed E-state index contributed by atoms with van der Waals surface area (Å²) in [6.07, 6.45) is 4.74. The van der Waals surface area contributed by atoms with Crippen LogP contribution in [0, 0.1) is 17.2 Å². The highest BCUT2D eigenvalue weighted by Crippen LogP contribution is 2.13. The van der Waals surface area contributed by atoms with Crippen LogP contribution in [0.1, 0.15) is 46.5 Å². The zero-order chi connectivity index (χ0) is 13.4. The molecule has 0 aromatic heterocycles. The van der Waals surface area contributed by atoms with Crippen LogP contribution in [-0.4, -0.2) is 48.6 Å². The lowest BCUT2D eigenvalue weighted by Gasteiger charge is -2.37. The number of piperazine rings is 1. The third-order valence-electron chi connectivity index (χ3n) is 3.91. The Hall–Kier alpha value is -0.590. The van der Waals surface area contributed by atoms with E-state index in [0.29, 0.717) is 0 Å². The van der Waals surface area contributed by atoms with Crippen LogP contribution in [0.25, 0.3) is 0 Å². The minimum absolute atomic E-state index is 0.144. The summed E-state index contributed by atoms with van der Waals surface area (Å²) in [5.41, 5.74) is 0. The molecule has 0 radical (unpaired) electrons. The molecule has 1 rings (SSSR count). The summed E-state index contributed by atoms with van der Waals surface area (Å²) in [6, 6.07) is 2.60. The van der Waals surface area contributed by atoms with Crippen molar-refractivity contribution >= 4 is 0 Å². The number of nitriles is 1. The Morgan fingerprint density at radius 3 is 2.17 bits per heavy atom. The van der Waals surface area contributed by atoms with E-state index >= 15 is 0 Å². The molecule has 2 unspecified atom stereocenters. The molecule has 104 valence electrons. The quantitative estimate of drug-likeness (QED) is 0.697. The molecule has 2 atom stereocenters. The van der Waals surface area contributed by atoms with E-state index in [0.717, 1.165) is 44.9 Å². The highest BCUT2D eigenvalue weighted by molar-refractivity contribution is 4.93. The van der Waals surface area contributed by atoms with Crippen molar-refractivity contribution in [3.05, 3.63) is 0 Å². The minimum Gasteiger partial charge on any atom is -0.301 e. The third kappa shape index (κ3) is 4.96. The van der Waals surface area contributed by atoms with Crippen molar-refractivity contribution in [3.8, 4) is 6.07 Å². The molecule has 18 heavy (non-hydrogen) atoms. The van der Waals surface area contributed by atoms with Crippen LogP contribution in [0.2, 0.25) is 0 Å². The van der Waals surface area contributed by atoms with Gasteiger partial charge in [-0.1, -0.05) is 33.6 Å². The fraction of sp³-hybridized carbons (Fsp3) is 0.933. The zero-order valence-corrected chi connectivity index (χ0v) is 12.4. The molecule has 0 aromatic carbocycles. The van der Waals surface area contributed by atoms with Crippen LogP contribution in [0.15, 0.2) is 0 Å². The van der Waals surface area contributed by atoms with Gasteiger partial charge in [-0.05, 0) is 18.8 Å². The lowest BCUT2D eigenvalue weighted by molar-refractivity contribution is 0.0995. The Kier molecular flexibility index (Phi) is 7.31. The van der Waals surface area contributed by atoms with Gasteiger partial charge >= 0.3 is 0 Å². The molecular weight excluding hydrogens is 222 g/mol. The van der Waals surface area contributed by atoms with Gasteiger partial charge in [0, 0.05) is 32.7 Å². The van der Waals surface area contributed by atoms with E-state index in [9.17, 15) is 5.26 Å². The second kappa shape index (κ2) is 8.50. The minimum atomic E-state index is 0.144. The van der Waals surface area contributed by atoms with Crippen LogP contribution < -0.4 is 0 Å². The summed E-state index contributed by atoms with van der Waals surface area (Å²) in [5, 5.41) is 9.19. The molecule has 0 aromatic rings. The van der Waals surface area contributed by atoms with E-state index < -0.39 is 0 Å². The first-order valence-corrected chi connectivity index (χ1v) is 7.57. The van der Waals surface area contributed by atoms with E-state index in [1.165, 1.54) is 19.4 Å². The van der Waals surface area contributed by atoms with Crippen molar-refractivity contribution in [1.82, 2.24) is 9.80 Å². The molecule has 3 heteroatoms. The second-order valence-electron chi connectivity index (χ2n) is 5.66. The van der Waals surface area contributed by atoms with Crippen molar-refractivity contribution in [3.63, 3.8) is 0 Å². The Morgan fingerprint density at radius 2 is 1.67 bits per heavy atom. The number of hydrogen-bond acceptors (Lipinski definition) is 3. The summed E-state index contributed by atoms with van der Waals surface area (Å²) in [7, 11) is 0. The Labute approximate surface area is 113 Å². The summed E-state index contributed by atoms with van der Waals surface area (Å²) in [6.45, 7) is 12.4. The highest BCUT2D eigenvalue weighted by atomic mass is 15.3. The third-order valence-corrected chi connectivity index (χ3v) is 3.91. The molecule has 1 saturated heterocycles. The predicted octanol–water partition coefficient (Wildman–Crippen LogP) is 2.73. The SMILES string of the molecule is CCCC(C)CN1CCN(C(C#N)CCC)CC1. The van der Waals surface area contributed by atoms with E-state index in [-0.39, 0.29) is 6.04 Å². The van der Waals surface area contributed by atoms with Gasteiger partial charge in [0.2, 0.25) is 0 Å². The number of rotatable bonds is 7. The first kappa shape index (κ1) is 15.5. The summed E-state index contributed by atoms with van der Waals surface area (Å²) in [4.78, 5) is 4.93. The van der Waals surface area contributed by atoms with E-state index in [1.54, 1.807) is 0 Å². The van der Waals surface area contributed by atoms with Crippen LogP contribution in [0.5, 0.6) is 0 Å². The second-order valence-corrected chi connectivity index (χ2v) is 5.66. The first-order chi connectivity index (χ1) is 8.71. The molecule has 0 saturated carbocycles. The van der Waals surface area contributed by atoms with Crippen molar-refractivity contribution in [2.45, 2.75) is 52.5 Å². The van der Waals surface area contributed by atoms with Gasteiger partial charge in [0.25, 0.3) is 0 Å². The van der Waals surface area contributed by atoms with Crippen molar-refractivity contribution in [2.75, 3.05) is 32.7 Å². The standard InChI is InChI=1S/C15H29N3/c1-4-6-14(3)13-17-8-10-18(11-9-17)15(12-16)7-5-2/h14-15H,4-11,13H2,1-3H3. The number of hydrogen-bond donors (Lipinski definition) is 0. The molecule has 1 fully saturated rings. The van der Waals surface area contributed by atoms with Crippen molar-refractivity contribution in [2.24, 2.45) is 5.92 Å². The molecule has 0 spiro atoms. The summed E-state index contributed by atoms with van der Waals surface area (Å²) >= 11 is 0. The largest absolute Gasteiger partial charge is 0.301 e. The van der Waals surface area contributed by atoms with E-state index in [4.69, 9.17) is 0 Å². The van der Waals surface area contributed by atoms with Crippen LogP contribution in [0.4, 0.5) is 0 Å². The van der Waals surface area contributed by atoms with Gasteiger partial charge in [0.1, 0.15) is 0 Å². The highest BCUT2D eigenvalue weighted by Gasteiger charge is 2.23. The monoisotopic (exact) mass is 251 g/mol. The normalized spacial score (nSPS) is 21.4. The fourth-order valence-electron chi connectivity index (χ4n) is 2.88. The van der Waals surface area contributed by atoms with Gasteiger partial charge in [-0.3, -0.25) is 4.90 Å². The van der Waals surface area contributed by atoms with Gasteiger partial charge < -0.3 is 4.90 Å². The molecule has 3 nitrogen and oxygen atoms in total. The van der Waals surface area contributed by atoms with Crippen molar-refractivity contribution < 1.29 is 0 Å². The lowest BCUT2D eigenvalue weighted by atomic mass is 10.0. The van der Waals surface area contributed by atoms with Gasteiger partial charge in [-0.25, -0.2) is 0 Å². The number of nitrogens with zero attached hydrogens (tertiary/aromatic N) is 3. The molecule has 0 N–H and O–H groups in total. The first-order valence-electron chi connectivity index (χ1n) is 7.57. The van der Waals surface area contributed by atoms with Gasteiger partial charge in [-0.15, -0.1) is 0 Å². The Balaban J connectivity index is 2.30. The Bertz CT molecular complexity index is 251. The smallest absolute Gasteiger partial charge is 0.0978 e. The maximum Gasteiger partial charge on any atom is 0.0978 e. The zero-order valence-electron chi connectivity index (χ0n) is 12.4. The van der Waals surface area contributed by atoms with Crippen LogP contribution >= 0.6 is 0 Å². The van der Waals surface area contributed by atoms with Crippen LogP contribution in [-0.2, 0) is 0 Å². The lowest BCUT2D eigenvalue weighted by Crippen LogP contribution is -2.50. The molecule has 0 aliphatic carbocycles. The average molecular weight is 251 g/mol. The molecule has 1 aliphatic heterocycles. The fourth-order valence-corrected chi connectivity index (χ4v) is 2.88. The van der Waals surface area contributed by atoms with E-state index in [1.807, 2.05) is 0 Å². The molecule has 0 bridgehead atoms. The topological polar surface area (TPSA) is 30.3 Å². The average Bonchev–Trinajstić information content (AvgIpc) is 2.37. The van der Waals surface area contributed by atoms with Gasteiger partial charge in [0.05, 0.1) is 12.1 Å². The summed E-state index contributed by atoms with van der Waals surface area (Å²) < 4.78 is 0. The van der Waals surface area contributed by atoms with Crippen LogP contribution in [0.3, 0.4) is 0 Å². The van der Waals surface area contributed by atoms with Crippen molar-refractivity contribution in [1.29, 1.82) is 5.26 Å². The maximum atomic E-state index is 9.19. The molecular formula is C15H29N3. The molecule has 1 aliphatic rings. The predicted molar refractivity (Wildman–Crippen MR) is 76.4 cm³/mol. The molecule has 1 heterocycles. The Morgan fingerprint density at radius 1 is 1.06 bits per heavy atom. The maximum absolute atomic E-state index is 9.19. The van der Waals surface area contributed by atoms with Gasteiger partial charge in [-0.2, -0.15) is 5.26 Å². The van der Waals surface area contributed by atoms with E-state index in [2.05, 4.69) is 36.6 Å².